The van der Waals surface area contributed by atoms with E-state index in [9.17, 15) is 4.79 Å². The van der Waals surface area contributed by atoms with Gasteiger partial charge in [-0.3, -0.25) is 4.79 Å². The molecule has 4 rings (SSSR count). The second-order valence-corrected chi connectivity index (χ2v) is 7.27. The molecule has 0 saturated carbocycles. The Hall–Kier alpha value is -2.44. The molecule has 1 aromatic heterocycles. The number of anilines is 1. The van der Waals surface area contributed by atoms with Crippen molar-refractivity contribution in [1.29, 1.82) is 0 Å². The maximum atomic E-state index is 12.8. The number of rotatable bonds is 4. The van der Waals surface area contributed by atoms with E-state index in [1.54, 1.807) is 47.8 Å². The molecule has 1 N–H and O–H groups in total. The Bertz CT molecular complexity index is 987. The van der Waals surface area contributed by atoms with Gasteiger partial charge in [0.25, 0.3) is 5.91 Å². The van der Waals surface area contributed by atoms with Gasteiger partial charge in [0.1, 0.15) is 11.6 Å². The minimum Gasteiger partial charge on any atom is -0.497 e. The van der Waals surface area contributed by atoms with Crippen molar-refractivity contribution in [3.8, 4) is 11.4 Å². The molecule has 1 aliphatic heterocycles. The first-order valence-corrected chi connectivity index (χ1v) is 9.59. The fraction of sp³-hybridized carbons (Fsp3) is 0.158. The number of benzene rings is 2. The van der Waals surface area contributed by atoms with Gasteiger partial charge in [-0.15, -0.1) is 0 Å². The number of aromatic nitrogens is 2. The zero-order chi connectivity index (χ0) is 18.1. The van der Waals surface area contributed by atoms with Crippen LogP contribution in [-0.2, 0) is 11.5 Å². The van der Waals surface area contributed by atoms with Crippen LogP contribution in [0.5, 0.6) is 5.75 Å². The molecule has 0 aliphatic carbocycles. The molecular weight excluding hydrogens is 370 g/mol. The first-order chi connectivity index (χ1) is 12.7. The van der Waals surface area contributed by atoms with Gasteiger partial charge in [0, 0.05) is 27.7 Å². The van der Waals surface area contributed by atoms with E-state index < -0.39 is 0 Å². The molecule has 0 fully saturated rings. The van der Waals surface area contributed by atoms with Gasteiger partial charge in [0.15, 0.2) is 0 Å². The average molecular weight is 386 g/mol. The summed E-state index contributed by atoms with van der Waals surface area (Å²) in [6.07, 6.45) is 0. The molecule has 132 valence electrons. The van der Waals surface area contributed by atoms with Crippen molar-refractivity contribution in [2.75, 3.05) is 12.4 Å². The summed E-state index contributed by atoms with van der Waals surface area (Å²) in [5, 5.41) is 8.33. The number of hydrogen-bond donors (Lipinski definition) is 1. The van der Waals surface area contributed by atoms with Crippen LogP contribution in [0, 0.1) is 0 Å². The Morgan fingerprint density at radius 3 is 2.88 bits per heavy atom. The van der Waals surface area contributed by atoms with Gasteiger partial charge >= 0.3 is 0 Å². The Labute approximate surface area is 160 Å². The quantitative estimate of drug-likeness (QED) is 0.716. The number of fused-ring (bicyclic) bond motifs is 1. The van der Waals surface area contributed by atoms with E-state index in [1.165, 1.54) is 0 Å². The predicted molar refractivity (Wildman–Crippen MR) is 105 cm³/mol. The number of nitrogens with one attached hydrogen (secondary N) is 1. The van der Waals surface area contributed by atoms with Crippen LogP contribution in [0.25, 0.3) is 5.69 Å². The van der Waals surface area contributed by atoms with Gasteiger partial charge < -0.3 is 10.1 Å². The van der Waals surface area contributed by atoms with Gasteiger partial charge in [0.2, 0.25) is 0 Å². The van der Waals surface area contributed by atoms with Crippen LogP contribution in [0.15, 0.2) is 48.5 Å². The van der Waals surface area contributed by atoms with Crippen molar-refractivity contribution >= 4 is 35.1 Å². The molecular formula is C19H16ClN3O2S. The van der Waals surface area contributed by atoms with Gasteiger partial charge in [-0.2, -0.15) is 16.9 Å². The SMILES string of the molecule is COc1cccc(C(=O)Nc2c3c(nn2-c2cccc(Cl)c2)CSC3)c1. The number of hydrogen-bond acceptors (Lipinski definition) is 4. The summed E-state index contributed by atoms with van der Waals surface area (Å²) < 4.78 is 6.96. The highest BCUT2D eigenvalue weighted by Gasteiger charge is 2.25. The van der Waals surface area contributed by atoms with Crippen molar-refractivity contribution in [2.24, 2.45) is 0 Å². The molecule has 2 heterocycles. The molecule has 0 saturated heterocycles. The molecule has 2 aromatic carbocycles. The van der Waals surface area contributed by atoms with Crippen LogP contribution in [-0.4, -0.2) is 22.8 Å². The van der Waals surface area contributed by atoms with Crippen molar-refractivity contribution in [1.82, 2.24) is 9.78 Å². The number of amides is 1. The summed E-state index contributed by atoms with van der Waals surface area (Å²) in [5.74, 6) is 2.79. The molecule has 0 unspecified atom stereocenters. The lowest BCUT2D eigenvalue weighted by Crippen LogP contribution is -2.16. The number of carbonyl (C=O) groups excluding carboxylic acids is 1. The largest absolute Gasteiger partial charge is 0.497 e. The number of ether oxygens (including phenoxy) is 1. The number of carbonyl (C=O) groups is 1. The molecule has 0 atom stereocenters. The van der Waals surface area contributed by atoms with Gasteiger partial charge in [-0.05, 0) is 36.4 Å². The molecule has 3 aromatic rings. The first kappa shape index (κ1) is 17.0. The third-order valence-corrected chi connectivity index (χ3v) is 5.37. The van der Waals surface area contributed by atoms with E-state index >= 15 is 0 Å². The lowest BCUT2D eigenvalue weighted by molar-refractivity contribution is 0.102. The maximum absolute atomic E-state index is 12.8. The van der Waals surface area contributed by atoms with Crippen LogP contribution in [0.3, 0.4) is 0 Å². The monoisotopic (exact) mass is 385 g/mol. The summed E-state index contributed by atoms with van der Waals surface area (Å²) in [6, 6.07) is 14.5. The fourth-order valence-corrected chi connectivity index (χ4v) is 4.10. The van der Waals surface area contributed by atoms with Crippen LogP contribution < -0.4 is 10.1 Å². The van der Waals surface area contributed by atoms with Crippen LogP contribution >= 0.6 is 23.4 Å². The van der Waals surface area contributed by atoms with Crippen LogP contribution in [0.1, 0.15) is 21.6 Å². The molecule has 0 radical (unpaired) electrons. The number of thioether (sulfide) groups is 1. The van der Waals surface area contributed by atoms with Crippen molar-refractivity contribution in [2.45, 2.75) is 11.5 Å². The Balaban J connectivity index is 1.72. The number of halogens is 1. The minimum absolute atomic E-state index is 0.202. The molecule has 7 heteroatoms. The molecule has 5 nitrogen and oxygen atoms in total. The van der Waals surface area contributed by atoms with E-state index in [0.29, 0.717) is 22.2 Å². The zero-order valence-electron chi connectivity index (χ0n) is 14.0. The third-order valence-electron chi connectivity index (χ3n) is 4.17. The molecule has 1 amide bonds. The van der Waals surface area contributed by atoms with Crippen molar-refractivity contribution in [3.63, 3.8) is 0 Å². The van der Waals surface area contributed by atoms with E-state index in [0.717, 1.165) is 28.5 Å². The normalized spacial score (nSPS) is 12.7. The van der Waals surface area contributed by atoms with E-state index in [2.05, 4.69) is 10.4 Å². The summed E-state index contributed by atoms with van der Waals surface area (Å²) in [4.78, 5) is 12.8. The molecule has 1 aliphatic rings. The third kappa shape index (κ3) is 3.18. The Morgan fingerprint density at radius 2 is 2.08 bits per heavy atom. The zero-order valence-corrected chi connectivity index (χ0v) is 15.6. The topological polar surface area (TPSA) is 56.1 Å². The smallest absolute Gasteiger partial charge is 0.256 e. The van der Waals surface area contributed by atoms with E-state index in [-0.39, 0.29) is 5.91 Å². The standard InChI is InChI=1S/C19H16ClN3O2S/c1-25-15-7-2-4-12(8-15)19(24)21-18-16-10-26-11-17(16)22-23(18)14-6-3-5-13(20)9-14/h2-9H,10-11H2,1H3,(H,21,24). The van der Waals surface area contributed by atoms with E-state index in [1.807, 2.05) is 24.3 Å². The van der Waals surface area contributed by atoms with Gasteiger partial charge in [0.05, 0.1) is 18.5 Å². The lowest BCUT2D eigenvalue weighted by Gasteiger charge is -2.12. The Morgan fingerprint density at radius 1 is 1.23 bits per heavy atom. The number of nitrogens with zero attached hydrogens (tertiary/aromatic N) is 2. The maximum Gasteiger partial charge on any atom is 0.256 e. The summed E-state index contributed by atoms with van der Waals surface area (Å²) in [5.41, 5.74) is 3.41. The van der Waals surface area contributed by atoms with Crippen LogP contribution in [0.2, 0.25) is 5.02 Å². The highest BCUT2D eigenvalue weighted by atomic mass is 35.5. The molecule has 0 bridgehead atoms. The van der Waals surface area contributed by atoms with E-state index in [4.69, 9.17) is 16.3 Å². The lowest BCUT2D eigenvalue weighted by atomic mass is 10.2. The second-order valence-electron chi connectivity index (χ2n) is 5.84. The average Bonchev–Trinajstić information content (AvgIpc) is 3.24. The minimum atomic E-state index is -0.202. The molecule has 26 heavy (non-hydrogen) atoms. The summed E-state index contributed by atoms with van der Waals surface area (Å²) in [7, 11) is 1.58. The summed E-state index contributed by atoms with van der Waals surface area (Å²) >= 11 is 7.92. The van der Waals surface area contributed by atoms with Gasteiger partial charge in [-0.1, -0.05) is 23.7 Å². The number of methoxy groups -OCH3 is 1. The fourth-order valence-electron chi connectivity index (χ4n) is 2.88. The summed E-state index contributed by atoms with van der Waals surface area (Å²) in [6.45, 7) is 0. The highest BCUT2D eigenvalue weighted by Crippen LogP contribution is 2.36. The highest BCUT2D eigenvalue weighted by molar-refractivity contribution is 7.98. The van der Waals surface area contributed by atoms with Crippen molar-refractivity contribution < 1.29 is 9.53 Å². The first-order valence-electron chi connectivity index (χ1n) is 8.05. The predicted octanol–water partition coefficient (Wildman–Crippen LogP) is 4.53. The van der Waals surface area contributed by atoms with Gasteiger partial charge in [-0.25, -0.2) is 4.68 Å². The Kier molecular flexibility index (Phi) is 4.61. The second kappa shape index (κ2) is 7.05. The van der Waals surface area contributed by atoms with Crippen molar-refractivity contribution in [3.05, 3.63) is 70.4 Å². The van der Waals surface area contributed by atoms with Crippen LogP contribution in [0.4, 0.5) is 5.82 Å². The molecule has 0 spiro atoms.